The van der Waals surface area contributed by atoms with Crippen LogP contribution in [0, 0.1) is 0 Å². The summed E-state index contributed by atoms with van der Waals surface area (Å²) in [6.07, 6.45) is 9.43. The van der Waals surface area contributed by atoms with Gasteiger partial charge in [0.25, 0.3) is 0 Å². The number of aryl methyl sites for hydroxylation is 2. The van der Waals surface area contributed by atoms with Gasteiger partial charge in [-0.1, -0.05) is 142 Å². The molecule has 1 aliphatic carbocycles. The normalized spacial score (nSPS) is 12.9. The summed E-state index contributed by atoms with van der Waals surface area (Å²) in [6, 6.07) is 48.8. The van der Waals surface area contributed by atoms with Crippen molar-refractivity contribution in [2.24, 2.45) is 0 Å². The third kappa shape index (κ3) is 6.13. The molecule has 7 rings (SSSR count). The Morgan fingerprint density at radius 3 is 1.69 bits per heavy atom. The average molecular weight is 584 g/mol. The third-order valence-electron chi connectivity index (χ3n) is 9.63. The van der Waals surface area contributed by atoms with E-state index in [1.807, 2.05) is 12.3 Å². The Labute approximate surface area is 268 Å². The highest BCUT2D eigenvalue weighted by Crippen LogP contribution is 2.50. The fraction of sp³-hybridized carbons (Fsp3) is 0.205. The van der Waals surface area contributed by atoms with Crippen LogP contribution in [0.25, 0.3) is 44.6 Å². The second-order valence-corrected chi connectivity index (χ2v) is 13.0. The standard InChI is InChI=1S/C44H41N/c1-44(2)41-29-36(35-21-13-18-33(28-35)17-8-4-3-7-14-32-15-9-5-10-16-32)22-25-39(41)40-26-23-37(30-42(40)44)43-27-24-38(31-45-43)34-19-11-6-12-20-34/h5-6,9-13,15-16,18-31H,3-4,7-8,14,17H2,1-2H3. The number of hydrogen-bond donors (Lipinski definition) is 0. The van der Waals surface area contributed by atoms with Crippen LogP contribution >= 0.6 is 0 Å². The van der Waals surface area contributed by atoms with Gasteiger partial charge in [-0.3, -0.25) is 4.98 Å². The molecule has 45 heavy (non-hydrogen) atoms. The first-order valence-corrected chi connectivity index (χ1v) is 16.5. The van der Waals surface area contributed by atoms with Gasteiger partial charge >= 0.3 is 0 Å². The maximum Gasteiger partial charge on any atom is 0.0702 e. The van der Waals surface area contributed by atoms with Crippen molar-refractivity contribution in [3.8, 4) is 44.6 Å². The lowest BCUT2D eigenvalue weighted by Crippen LogP contribution is -2.15. The molecule has 222 valence electrons. The lowest BCUT2D eigenvalue weighted by molar-refractivity contribution is 0.640. The summed E-state index contributed by atoms with van der Waals surface area (Å²) in [6.45, 7) is 4.73. The number of hydrogen-bond acceptors (Lipinski definition) is 1. The van der Waals surface area contributed by atoms with Gasteiger partial charge in [0, 0.05) is 22.7 Å². The molecule has 0 spiro atoms. The molecular weight excluding hydrogens is 542 g/mol. The lowest BCUT2D eigenvalue weighted by atomic mass is 9.81. The molecule has 1 aliphatic rings. The first-order valence-electron chi connectivity index (χ1n) is 16.5. The van der Waals surface area contributed by atoms with E-state index in [-0.39, 0.29) is 5.41 Å². The van der Waals surface area contributed by atoms with Gasteiger partial charge in [-0.25, -0.2) is 0 Å². The van der Waals surface area contributed by atoms with Gasteiger partial charge in [-0.15, -0.1) is 0 Å². The van der Waals surface area contributed by atoms with E-state index in [0.29, 0.717) is 0 Å². The minimum Gasteiger partial charge on any atom is -0.256 e. The highest BCUT2D eigenvalue weighted by Gasteiger charge is 2.36. The summed E-state index contributed by atoms with van der Waals surface area (Å²) in [5, 5.41) is 0. The first-order chi connectivity index (χ1) is 22.1. The number of aromatic nitrogens is 1. The highest BCUT2D eigenvalue weighted by atomic mass is 14.7. The Balaban J connectivity index is 1.04. The molecule has 5 aromatic carbocycles. The van der Waals surface area contributed by atoms with Crippen molar-refractivity contribution in [3.05, 3.63) is 162 Å². The number of benzene rings is 5. The molecule has 1 nitrogen and oxygen atoms in total. The van der Waals surface area contributed by atoms with Gasteiger partial charge in [0.2, 0.25) is 0 Å². The van der Waals surface area contributed by atoms with Gasteiger partial charge in [-0.2, -0.15) is 0 Å². The zero-order chi connectivity index (χ0) is 30.6. The minimum atomic E-state index is -0.0853. The molecule has 0 N–H and O–H groups in total. The maximum absolute atomic E-state index is 4.86. The van der Waals surface area contributed by atoms with Gasteiger partial charge in [-0.05, 0) is 94.0 Å². The fourth-order valence-electron chi connectivity index (χ4n) is 7.01. The van der Waals surface area contributed by atoms with Crippen molar-refractivity contribution in [2.45, 2.75) is 57.8 Å². The van der Waals surface area contributed by atoms with Crippen LogP contribution in [0.1, 0.15) is 61.8 Å². The fourth-order valence-corrected chi connectivity index (χ4v) is 7.01. The van der Waals surface area contributed by atoms with E-state index in [2.05, 4.69) is 141 Å². The number of rotatable bonds is 10. The van der Waals surface area contributed by atoms with E-state index in [0.717, 1.165) is 17.7 Å². The SMILES string of the molecule is CC1(C)c2cc(-c3cccc(CCCCCCc4ccccc4)c3)ccc2-c2ccc(-c3ccc(-c4ccccc4)cn3)cc21. The van der Waals surface area contributed by atoms with Crippen LogP contribution in [0.5, 0.6) is 0 Å². The van der Waals surface area contributed by atoms with E-state index in [4.69, 9.17) is 4.98 Å². The van der Waals surface area contributed by atoms with Crippen LogP contribution < -0.4 is 0 Å². The Morgan fingerprint density at radius 2 is 1.00 bits per heavy atom. The maximum atomic E-state index is 4.86. The summed E-state index contributed by atoms with van der Waals surface area (Å²) in [7, 11) is 0. The van der Waals surface area contributed by atoms with Crippen molar-refractivity contribution < 1.29 is 0 Å². The molecule has 0 saturated heterocycles. The summed E-state index contributed by atoms with van der Waals surface area (Å²) < 4.78 is 0. The van der Waals surface area contributed by atoms with Gasteiger partial charge in [0.05, 0.1) is 5.69 Å². The van der Waals surface area contributed by atoms with Crippen molar-refractivity contribution >= 4 is 0 Å². The van der Waals surface area contributed by atoms with Crippen molar-refractivity contribution in [2.75, 3.05) is 0 Å². The quantitative estimate of drug-likeness (QED) is 0.146. The summed E-state index contributed by atoms with van der Waals surface area (Å²) in [5.41, 5.74) is 15.4. The summed E-state index contributed by atoms with van der Waals surface area (Å²) >= 11 is 0. The van der Waals surface area contributed by atoms with E-state index < -0.39 is 0 Å². The zero-order valence-corrected chi connectivity index (χ0v) is 26.5. The second-order valence-electron chi connectivity index (χ2n) is 13.0. The molecule has 0 amide bonds. The molecule has 6 aromatic rings. The van der Waals surface area contributed by atoms with Crippen molar-refractivity contribution in [1.29, 1.82) is 0 Å². The number of fused-ring (bicyclic) bond motifs is 3. The molecule has 1 aromatic heterocycles. The average Bonchev–Trinajstić information content (AvgIpc) is 3.32. The van der Waals surface area contributed by atoms with Crippen LogP contribution in [0.3, 0.4) is 0 Å². The van der Waals surface area contributed by atoms with Gasteiger partial charge in [0.1, 0.15) is 0 Å². The molecule has 0 unspecified atom stereocenters. The van der Waals surface area contributed by atoms with E-state index in [9.17, 15) is 0 Å². The topological polar surface area (TPSA) is 12.9 Å². The van der Waals surface area contributed by atoms with Gasteiger partial charge in [0.15, 0.2) is 0 Å². The second kappa shape index (κ2) is 12.7. The largest absolute Gasteiger partial charge is 0.256 e. The van der Waals surface area contributed by atoms with E-state index in [1.54, 1.807) is 0 Å². The number of unbranched alkanes of at least 4 members (excludes halogenated alkanes) is 3. The monoisotopic (exact) mass is 583 g/mol. The Morgan fingerprint density at radius 1 is 0.444 bits per heavy atom. The minimum absolute atomic E-state index is 0.0853. The third-order valence-corrected chi connectivity index (χ3v) is 9.63. The summed E-state index contributed by atoms with van der Waals surface area (Å²) in [4.78, 5) is 4.86. The van der Waals surface area contributed by atoms with E-state index >= 15 is 0 Å². The Bertz CT molecular complexity index is 1900. The van der Waals surface area contributed by atoms with E-state index in [1.165, 1.54) is 87.7 Å². The molecule has 1 heteroatoms. The summed E-state index contributed by atoms with van der Waals surface area (Å²) in [5.74, 6) is 0. The lowest BCUT2D eigenvalue weighted by Gasteiger charge is -2.22. The zero-order valence-electron chi connectivity index (χ0n) is 26.5. The smallest absolute Gasteiger partial charge is 0.0702 e. The molecule has 1 heterocycles. The molecular formula is C44H41N. The molecule has 0 bridgehead atoms. The molecule has 0 saturated carbocycles. The van der Waals surface area contributed by atoms with Crippen LogP contribution in [0.4, 0.5) is 0 Å². The van der Waals surface area contributed by atoms with Crippen LogP contribution in [0.15, 0.2) is 140 Å². The molecule has 0 radical (unpaired) electrons. The molecule has 0 atom stereocenters. The molecule has 0 fully saturated rings. The number of pyridine rings is 1. The van der Waals surface area contributed by atoms with Crippen LogP contribution in [-0.2, 0) is 18.3 Å². The highest BCUT2D eigenvalue weighted by molar-refractivity contribution is 5.85. The van der Waals surface area contributed by atoms with Crippen LogP contribution in [-0.4, -0.2) is 4.98 Å². The predicted molar refractivity (Wildman–Crippen MR) is 190 cm³/mol. The van der Waals surface area contributed by atoms with Crippen LogP contribution in [0.2, 0.25) is 0 Å². The Kier molecular flexibility index (Phi) is 8.18. The predicted octanol–water partition coefficient (Wildman–Crippen LogP) is 11.7. The van der Waals surface area contributed by atoms with Crippen molar-refractivity contribution in [3.63, 3.8) is 0 Å². The van der Waals surface area contributed by atoms with Gasteiger partial charge < -0.3 is 0 Å². The van der Waals surface area contributed by atoms with Crippen molar-refractivity contribution in [1.82, 2.24) is 4.98 Å². The molecule has 0 aliphatic heterocycles. The Hall–Kier alpha value is -4.75. The first kappa shape index (κ1) is 29.0. The number of nitrogens with zero attached hydrogens (tertiary/aromatic N) is 1.